The molecule has 0 aliphatic rings. The molecule has 0 saturated heterocycles. The molecule has 0 aliphatic carbocycles. The Bertz CT molecular complexity index is 864. The number of benzene rings is 2. The topological polar surface area (TPSA) is 37.4 Å². The molecule has 2 aromatic rings. The average Bonchev–Trinajstić information content (AvgIpc) is 2.65. The average molecular weight is 368 g/mol. The van der Waals surface area contributed by atoms with Gasteiger partial charge in [-0.2, -0.15) is 4.31 Å². The third-order valence-corrected chi connectivity index (χ3v) is 5.67. The fraction of sp³-hybridized carbons (Fsp3) is 0.182. The lowest BCUT2D eigenvalue weighted by Gasteiger charge is -2.19. The van der Waals surface area contributed by atoms with Gasteiger partial charge in [-0.15, -0.1) is 0 Å². The number of hydrogen-bond acceptors (Lipinski definition) is 2. The molecule has 0 heterocycles. The lowest BCUT2D eigenvalue weighted by Crippen LogP contribution is -2.31. The van der Waals surface area contributed by atoms with E-state index in [2.05, 4.69) is 0 Å². The minimum Gasteiger partial charge on any atom is -0.207 e. The lowest BCUT2D eigenvalue weighted by atomic mass is 10.2. The Morgan fingerprint density at radius 1 is 0.885 bits per heavy atom. The van der Waals surface area contributed by atoms with E-state index in [9.17, 15) is 8.42 Å². The summed E-state index contributed by atoms with van der Waals surface area (Å²) in [5.41, 5.74) is 2.08. The van der Waals surface area contributed by atoms with Crippen molar-refractivity contribution in [3.05, 3.63) is 96.1 Å². The summed E-state index contributed by atoms with van der Waals surface area (Å²) in [5, 5.41) is 0. The van der Waals surface area contributed by atoms with Gasteiger partial charge in [0.15, 0.2) is 0 Å². The van der Waals surface area contributed by atoms with E-state index in [1.165, 1.54) is 4.31 Å². The first-order valence-electron chi connectivity index (χ1n) is 8.60. The molecular formula is C22H25NO2S. The monoisotopic (exact) mass is 367 g/mol. The summed E-state index contributed by atoms with van der Waals surface area (Å²) in [6.45, 7) is 4.50. The van der Waals surface area contributed by atoms with Crippen molar-refractivity contribution >= 4 is 16.1 Å². The first kappa shape index (κ1) is 19.9. The smallest absolute Gasteiger partial charge is 0.207 e. The maximum atomic E-state index is 13.0. The first-order chi connectivity index (χ1) is 12.5. The summed E-state index contributed by atoms with van der Waals surface area (Å²) in [6, 6.07) is 16.8. The van der Waals surface area contributed by atoms with Crippen LogP contribution in [0.25, 0.3) is 6.08 Å². The summed E-state index contributed by atoms with van der Waals surface area (Å²) >= 11 is 0. The zero-order valence-electron chi connectivity index (χ0n) is 15.2. The van der Waals surface area contributed by atoms with Crippen LogP contribution in [0.5, 0.6) is 0 Å². The lowest BCUT2D eigenvalue weighted by molar-refractivity contribution is 0.474. The van der Waals surface area contributed by atoms with Crippen LogP contribution in [0, 0.1) is 6.92 Å². The molecule has 0 amide bonds. The highest BCUT2D eigenvalue weighted by Crippen LogP contribution is 2.17. The molecule has 3 nitrogen and oxygen atoms in total. The van der Waals surface area contributed by atoms with E-state index >= 15 is 0 Å². The van der Waals surface area contributed by atoms with Crippen molar-refractivity contribution in [2.75, 3.05) is 13.1 Å². The molecule has 0 radical (unpaired) electrons. The molecule has 0 bridgehead atoms. The molecule has 136 valence electrons. The number of nitrogens with zero attached hydrogens (tertiary/aromatic N) is 1. The van der Waals surface area contributed by atoms with E-state index in [0.29, 0.717) is 18.0 Å². The summed E-state index contributed by atoms with van der Waals surface area (Å²) in [7, 11) is -3.55. The van der Waals surface area contributed by atoms with Crippen molar-refractivity contribution in [2.24, 2.45) is 0 Å². The zero-order valence-corrected chi connectivity index (χ0v) is 16.1. The van der Waals surface area contributed by atoms with Gasteiger partial charge in [0, 0.05) is 13.1 Å². The molecule has 0 saturated carbocycles. The van der Waals surface area contributed by atoms with Crippen LogP contribution >= 0.6 is 0 Å². The van der Waals surface area contributed by atoms with Crippen molar-refractivity contribution in [1.29, 1.82) is 0 Å². The van der Waals surface area contributed by atoms with Crippen molar-refractivity contribution in [3.8, 4) is 0 Å². The summed E-state index contributed by atoms with van der Waals surface area (Å²) in [5.74, 6) is 0. The van der Waals surface area contributed by atoms with Crippen LogP contribution in [0.15, 0.2) is 89.9 Å². The van der Waals surface area contributed by atoms with Crippen molar-refractivity contribution < 1.29 is 8.42 Å². The third kappa shape index (κ3) is 5.83. The van der Waals surface area contributed by atoms with Crippen LogP contribution in [0.2, 0.25) is 0 Å². The predicted octanol–water partition coefficient (Wildman–Crippen LogP) is 4.83. The zero-order chi connectivity index (χ0) is 18.8. The Labute approximate surface area is 157 Å². The summed E-state index contributed by atoms with van der Waals surface area (Å²) in [4.78, 5) is 0.315. The van der Waals surface area contributed by atoms with E-state index in [0.717, 1.165) is 11.1 Å². The highest BCUT2D eigenvalue weighted by atomic mass is 32.2. The van der Waals surface area contributed by atoms with Gasteiger partial charge in [0.25, 0.3) is 0 Å². The minimum atomic E-state index is -3.55. The molecule has 2 rings (SSSR count). The third-order valence-electron chi connectivity index (χ3n) is 3.83. The first-order valence-corrected chi connectivity index (χ1v) is 10.0. The second-order valence-corrected chi connectivity index (χ2v) is 7.84. The Hall–Kier alpha value is -2.43. The molecule has 0 spiro atoms. The number of allylic oxidation sites excluding steroid dienone is 3. The Morgan fingerprint density at radius 3 is 2.19 bits per heavy atom. The van der Waals surface area contributed by atoms with Gasteiger partial charge in [-0.1, -0.05) is 84.5 Å². The van der Waals surface area contributed by atoms with Crippen LogP contribution in [-0.2, 0) is 10.0 Å². The molecule has 0 aliphatic heterocycles. The SMILES string of the molecule is C/C=C/C=C/CN(C/C=C/c1ccccc1)S(=O)(=O)c1ccc(C)cc1. The summed E-state index contributed by atoms with van der Waals surface area (Å²) < 4.78 is 27.4. The normalized spacial score (nSPS) is 12.7. The predicted molar refractivity (Wildman–Crippen MR) is 109 cm³/mol. The maximum Gasteiger partial charge on any atom is 0.243 e. The number of rotatable bonds is 8. The van der Waals surface area contributed by atoms with E-state index in [1.807, 2.05) is 92.8 Å². The van der Waals surface area contributed by atoms with Crippen molar-refractivity contribution in [1.82, 2.24) is 4.31 Å². The fourth-order valence-corrected chi connectivity index (χ4v) is 3.71. The van der Waals surface area contributed by atoms with E-state index < -0.39 is 10.0 Å². The standard InChI is InChI=1S/C22H25NO2S/c1-3-4-5-9-18-23(19-10-13-21-11-7-6-8-12-21)26(24,25)22-16-14-20(2)15-17-22/h3-17H,18-19H2,1-2H3/b4-3+,9-5+,13-10+. The van der Waals surface area contributed by atoms with Gasteiger partial charge in [0.2, 0.25) is 10.0 Å². The number of sulfonamides is 1. The Morgan fingerprint density at radius 2 is 1.54 bits per heavy atom. The molecule has 4 heteroatoms. The Balaban J connectivity index is 2.21. The van der Waals surface area contributed by atoms with E-state index in [-0.39, 0.29) is 0 Å². The molecule has 0 N–H and O–H groups in total. The maximum absolute atomic E-state index is 13.0. The van der Waals surface area contributed by atoms with Crippen molar-refractivity contribution in [2.45, 2.75) is 18.7 Å². The number of hydrogen-bond donors (Lipinski definition) is 0. The molecule has 0 fully saturated rings. The molecule has 0 unspecified atom stereocenters. The van der Waals surface area contributed by atoms with Gasteiger partial charge < -0.3 is 0 Å². The molecule has 0 atom stereocenters. The van der Waals surface area contributed by atoms with E-state index in [1.54, 1.807) is 12.1 Å². The Kier molecular flexibility index (Phi) is 7.57. The second kappa shape index (κ2) is 9.90. The van der Waals surface area contributed by atoms with Gasteiger partial charge >= 0.3 is 0 Å². The van der Waals surface area contributed by atoms with Crippen LogP contribution in [0.1, 0.15) is 18.1 Å². The van der Waals surface area contributed by atoms with Crippen LogP contribution in [0.3, 0.4) is 0 Å². The van der Waals surface area contributed by atoms with Crippen LogP contribution in [0.4, 0.5) is 0 Å². The molecule has 2 aromatic carbocycles. The highest BCUT2D eigenvalue weighted by molar-refractivity contribution is 7.89. The van der Waals surface area contributed by atoms with Crippen molar-refractivity contribution in [3.63, 3.8) is 0 Å². The largest absolute Gasteiger partial charge is 0.243 e. The minimum absolute atomic E-state index is 0.311. The quantitative estimate of drug-likeness (QED) is 0.627. The van der Waals surface area contributed by atoms with E-state index in [4.69, 9.17) is 0 Å². The van der Waals surface area contributed by atoms with Gasteiger partial charge in [-0.05, 0) is 31.5 Å². The molecular weight excluding hydrogens is 342 g/mol. The molecule has 26 heavy (non-hydrogen) atoms. The van der Waals surface area contributed by atoms with Gasteiger partial charge in [0.1, 0.15) is 0 Å². The molecule has 0 aromatic heterocycles. The van der Waals surface area contributed by atoms with Crippen LogP contribution < -0.4 is 0 Å². The number of aryl methyl sites for hydroxylation is 1. The van der Waals surface area contributed by atoms with Gasteiger partial charge in [-0.3, -0.25) is 0 Å². The van der Waals surface area contributed by atoms with Gasteiger partial charge in [0.05, 0.1) is 4.90 Å². The summed E-state index contributed by atoms with van der Waals surface area (Å²) in [6.07, 6.45) is 11.3. The fourth-order valence-electron chi connectivity index (χ4n) is 2.37. The van der Waals surface area contributed by atoms with Gasteiger partial charge in [-0.25, -0.2) is 8.42 Å². The van der Waals surface area contributed by atoms with Crippen LogP contribution in [-0.4, -0.2) is 25.8 Å². The second-order valence-electron chi connectivity index (χ2n) is 5.90. The highest BCUT2D eigenvalue weighted by Gasteiger charge is 2.22.